The maximum atomic E-state index is 13.3. The topological polar surface area (TPSA) is 71.4 Å². The summed E-state index contributed by atoms with van der Waals surface area (Å²) in [5.74, 6) is 2.12. The van der Waals surface area contributed by atoms with Crippen LogP contribution in [0.1, 0.15) is 34.1 Å². The molecule has 2 aromatic rings. The average molecular weight is 371 g/mol. The van der Waals surface area contributed by atoms with E-state index in [0.29, 0.717) is 6.42 Å². The van der Waals surface area contributed by atoms with E-state index >= 15 is 0 Å². The zero-order chi connectivity index (χ0) is 18.9. The van der Waals surface area contributed by atoms with Crippen molar-refractivity contribution in [3.63, 3.8) is 0 Å². The van der Waals surface area contributed by atoms with Crippen LogP contribution in [-0.2, 0) is 23.5 Å². The Morgan fingerprint density at radius 3 is 2.85 bits per heavy atom. The van der Waals surface area contributed by atoms with Gasteiger partial charge in [0, 0.05) is 20.3 Å². The third kappa shape index (κ3) is 3.02. The molecule has 6 nitrogen and oxygen atoms in total. The molecule has 3 rings (SSSR count). The maximum absolute atomic E-state index is 13.3. The molecule has 0 bridgehead atoms. The van der Waals surface area contributed by atoms with Crippen LogP contribution < -0.4 is 5.32 Å². The molecule has 1 aromatic carbocycles. The van der Waals surface area contributed by atoms with E-state index in [2.05, 4.69) is 11.2 Å². The molecule has 1 atom stereocenters. The van der Waals surface area contributed by atoms with Gasteiger partial charge in [0.1, 0.15) is 10.6 Å². The van der Waals surface area contributed by atoms with E-state index in [1.807, 2.05) is 24.3 Å². The van der Waals surface area contributed by atoms with Gasteiger partial charge in [-0.25, -0.2) is 8.42 Å². The summed E-state index contributed by atoms with van der Waals surface area (Å²) in [6, 6.07) is 8.92. The number of aryl methyl sites for hydroxylation is 2. The molecule has 0 fully saturated rings. The number of terminal acetylenes is 1. The van der Waals surface area contributed by atoms with Crippen molar-refractivity contribution in [3.05, 3.63) is 53.3 Å². The van der Waals surface area contributed by atoms with E-state index in [9.17, 15) is 13.2 Å². The van der Waals surface area contributed by atoms with Crippen LogP contribution in [0.2, 0.25) is 0 Å². The minimum atomic E-state index is -3.84. The molecule has 136 valence electrons. The Balaban J connectivity index is 2.03. The lowest BCUT2D eigenvalue weighted by Gasteiger charge is -2.26. The van der Waals surface area contributed by atoms with Gasteiger partial charge in [-0.3, -0.25) is 4.79 Å². The number of aromatic nitrogens is 1. The van der Waals surface area contributed by atoms with Crippen molar-refractivity contribution in [1.29, 1.82) is 0 Å². The zero-order valence-corrected chi connectivity index (χ0v) is 15.6. The fourth-order valence-electron chi connectivity index (χ4n) is 3.45. The normalized spacial score (nSPS) is 16.3. The van der Waals surface area contributed by atoms with E-state index in [0.717, 1.165) is 17.5 Å². The predicted molar refractivity (Wildman–Crippen MR) is 99.0 cm³/mol. The number of hydrogen-bond donors (Lipinski definition) is 1. The van der Waals surface area contributed by atoms with Crippen LogP contribution in [0.5, 0.6) is 0 Å². The van der Waals surface area contributed by atoms with Crippen LogP contribution >= 0.6 is 0 Å². The number of hydrogen-bond acceptors (Lipinski definition) is 3. The standard InChI is InChI=1S/C19H21N3O3S/c1-4-11-22(17-10-9-14-7-5-6-8-16(14)17)26(24,25)15-12-18(19(23)20-2)21(3)13-15/h1,5-8,12-13,17H,9-11H2,2-3H3,(H,20,23). The Morgan fingerprint density at radius 2 is 2.15 bits per heavy atom. The molecule has 0 aliphatic heterocycles. The third-order valence-corrected chi connectivity index (χ3v) is 6.56. The number of fused-ring (bicyclic) bond motifs is 1. The Kier molecular flexibility index (Phi) is 4.90. The summed E-state index contributed by atoms with van der Waals surface area (Å²) in [6.45, 7) is -0.0223. The van der Waals surface area contributed by atoms with Gasteiger partial charge in [0.15, 0.2) is 0 Å². The number of sulfonamides is 1. The largest absolute Gasteiger partial charge is 0.354 e. The first-order valence-electron chi connectivity index (χ1n) is 8.31. The lowest BCUT2D eigenvalue weighted by molar-refractivity contribution is 0.0955. The molecular formula is C19H21N3O3S. The number of nitrogens with one attached hydrogen (secondary N) is 1. The van der Waals surface area contributed by atoms with Crippen LogP contribution in [0.4, 0.5) is 0 Å². The smallest absolute Gasteiger partial charge is 0.267 e. The SMILES string of the molecule is C#CCN(C1CCc2ccccc21)S(=O)(=O)c1cc(C(=O)NC)n(C)c1. The van der Waals surface area contributed by atoms with Gasteiger partial charge in [0.05, 0.1) is 12.6 Å². The van der Waals surface area contributed by atoms with E-state index in [1.54, 1.807) is 7.05 Å². The van der Waals surface area contributed by atoms with E-state index in [4.69, 9.17) is 6.42 Å². The van der Waals surface area contributed by atoms with Gasteiger partial charge in [-0.05, 0) is 30.0 Å². The Bertz CT molecular complexity index is 986. The summed E-state index contributed by atoms with van der Waals surface area (Å²) >= 11 is 0. The second-order valence-corrected chi connectivity index (χ2v) is 8.15. The van der Waals surface area contributed by atoms with Gasteiger partial charge in [-0.2, -0.15) is 4.31 Å². The first kappa shape index (κ1) is 18.2. The summed E-state index contributed by atoms with van der Waals surface area (Å²) in [6.07, 6.45) is 8.42. The monoisotopic (exact) mass is 371 g/mol. The number of rotatable bonds is 5. The molecule has 0 spiro atoms. The Hall–Kier alpha value is -2.56. The van der Waals surface area contributed by atoms with E-state index in [1.165, 1.54) is 28.2 Å². The molecule has 1 amide bonds. The zero-order valence-electron chi connectivity index (χ0n) is 14.8. The highest BCUT2D eigenvalue weighted by molar-refractivity contribution is 7.89. The number of carbonyl (C=O) groups excluding carboxylic acids is 1. The maximum Gasteiger partial charge on any atom is 0.267 e. The van der Waals surface area contributed by atoms with Gasteiger partial charge >= 0.3 is 0 Å². The van der Waals surface area contributed by atoms with Crippen LogP contribution in [0.15, 0.2) is 41.4 Å². The average Bonchev–Trinajstić information content (AvgIpc) is 3.23. The molecule has 26 heavy (non-hydrogen) atoms. The van der Waals surface area contributed by atoms with Gasteiger partial charge in [-0.15, -0.1) is 6.42 Å². The molecule has 0 radical (unpaired) electrons. The lowest BCUT2D eigenvalue weighted by atomic mass is 10.1. The van der Waals surface area contributed by atoms with Crippen molar-refractivity contribution in [3.8, 4) is 12.3 Å². The predicted octanol–water partition coefficient (Wildman–Crippen LogP) is 1.70. The quantitative estimate of drug-likeness (QED) is 0.813. The first-order valence-corrected chi connectivity index (χ1v) is 9.75. The molecule has 1 aromatic heterocycles. The summed E-state index contributed by atoms with van der Waals surface area (Å²) in [5, 5.41) is 2.51. The number of nitrogens with zero attached hydrogens (tertiary/aromatic N) is 2. The summed E-state index contributed by atoms with van der Waals surface area (Å²) < 4.78 is 29.4. The van der Waals surface area contributed by atoms with Gasteiger partial charge in [0.25, 0.3) is 5.91 Å². The van der Waals surface area contributed by atoms with E-state index in [-0.39, 0.29) is 29.1 Å². The second kappa shape index (κ2) is 6.98. The number of benzene rings is 1. The number of carbonyl (C=O) groups is 1. The first-order chi connectivity index (χ1) is 12.4. The van der Waals surface area contributed by atoms with Crippen molar-refractivity contribution in [1.82, 2.24) is 14.2 Å². The molecule has 0 saturated carbocycles. The molecule has 1 heterocycles. The Morgan fingerprint density at radius 1 is 1.42 bits per heavy atom. The minimum absolute atomic E-state index is 0.0223. The Labute approximate surface area is 153 Å². The van der Waals surface area contributed by atoms with Crippen LogP contribution in [0.3, 0.4) is 0 Å². The van der Waals surface area contributed by atoms with Crippen molar-refractivity contribution < 1.29 is 13.2 Å². The van der Waals surface area contributed by atoms with Crippen molar-refractivity contribution in [2.24, 2.45) is 7.05 Å². The summed E-state index contributed by atoms with van der Waals surface area (Å²) in [5.41, 5.74) is 2.42. The van der Waals surface area contributed by atoms with Crippen molar-refractivity contribution >= 4 is 15.9 Å². The molecular weight excluding hydrogens is 350 g/mol. The van der Waals surface area contributed by atoms with Crippen LogP contribution in [0, 0.1) is 12.3 Å². The summed E-state index contributed by atoms with van der Waals surface area (Å²) in [4.78, 5) is 12.0. The molecule has 7 heteroatoms. The lowest BCUT2D eigenvalue weighted by Crippen LogP contribution is -2.34. The minimum Gasteiger partial charge on any atom is -0.354 e. The highest BCUT2D eigenvalue weighted by Gasteiger charge is 2.36. The van der Waals surface area contributed by atoms with Crippen LogP contribution in [-0.4, -0.2) is 36.8 Å². The fraction of sp³-hybridized carbons (Fsp3) is 0.316. The van der Waals surface area contributed by atoms with E-state index < -0.39 is 10.0 Å². The van der Waals surface area contributed by atoms with Gasteiger partial charge < -0.3 is 9.88 Å². The second-order valence-electron chi connectivity index (χ2n) is 6.26. The number of amides is 1. The molecule has 0 saturated heterocycles. The van der Waals surface area contributed by atoms with Crippen molar-refractivity contribution in [2.45, 2.75) is 23.8 Å². The molecule has 1 aliphatic rings. The highest BCUT2D eigenvalue weighted by atomic mass is 32.2. The van der Waals surface area contributed by atoms with Crippen LogP contribution in [0.25, 0.3) is 0 Å². The molecule has 1 N–H and O–H groups in total. The fourth-order valence-corrected chi connectivity index (χ4v) is 5.07. The van der Waals surface area contributed by atoms with Gasteiger partial charge in [0.2, 0.25) is 10.0 Å². The molecule has 1 unspecified atom stereocenters. The van der Waals surface area contributed by atoms with Crippen molar-refractivity contribution in [2.75, 3.05) is 13.6 Å². The molecule has 1 aliphatic carbocycles. The van der Waals surface area contributed by atoms with Gasteiger partial charge in [-0.1, -0.05) is 30.2 Å². The summed E-state index contributed by atoms with van der Waals surface area (Å²) in [7, 11) is -0.700. The highest BCUT2D eigenvalue weighted by Crippen LogP contribution is 2.38. The third-order valence-electron chi connectivity index (χ3n) is 4.74.